The number of phenolic OH excluding ortho intramolecular Hbond substituents is 1. The molecule has 0 radical (unpaired) electrons. The number of rotatable bonds is 1. The van der Waals surface area contributed by atoms with E-state index in [1.54, 1.807) is 6.07 Å². The van der Waals surface area contributed by atoms with Crippen LogP contribution in [-0.4, -0.2) is 40.9 Å². The number of aliphatic hydroxyl groups excluding tert-OH is 1. The number of hydrogen-bond donors (Lipinski definition) is 2. The Morgan fingerprint density at radius 2 is 2.22 bits per heavy atom. The van der Waals surface area contributed by atoms with Crippen LogP contribution in [0.3, 0.4) is 0 Å². The Hall–Kier alpha value is -1.06. The van der Waals surface area contributed by atoms with Crippen LogP contribution < -0.4 is 0 Å². The fourth-order valence-corrected chi connectivity index (χ4v) is 3.87. The summed E-state index contributed by atoms with van der Waals surface area (Å²) in [6, 6.07) is 5.86. The Morgan fingerprint density at radius 3 is 2.94 bits per heavy atom. The summed E-state index contributed by atoms with van der Waals surface area (Å²) in [6.45, 7) is 3.16. The lowest BCUT2D eigenvalue weighted by Crippen LogP contribution is -2.62. The number of aliphatic hydroxyl groups is 1. The van der Waals surface area contributed by atoms with Crippen molar-refractivity contribution in [3.8, 4) is 5.75 Å². The minimum absolute atomic E-state index is 0.163. The van der Waals surface area contributed by atoms with Crippen molar-refractivity contribution >= 4 is 0 Å². The second kappa shape index (κ2) is 3.97. The van der Waals surface area contributed by atoms with Gasteiger partial charge in [-0.05, 0) is 56.1 Å². The van der Waals surface area contributed by atoms with Crippen LogP contribution in [0.5, 0.6) is 5.75 Å². The second-order valence-corrected chi connectivity index (χ2v) is 5.80. The first-order chi connectivity index (χ1) is 8.58. The van der Waals surface area contributed by atoms with Crippen LogP contribution in [0.15, 0.2) is 18.2 Å². The molecule has 0 spiro atoms. The second-order valence-electron chi connectivity index (χ2n) is 5.80. The van der Waals surface area contributed by atoms with Crippen molar-refractivity contribution in [1.29, 1.82) is 0 Å². The highest BCUT2D eigenvalue weighted by Crippen LogP contribution is 2.47. The number of benzene rings is 1. The molecule has 0 amide bonds. The summed E-state index contributed by atoms with van der Waals surface area (Å²) >= 11 is 0. The maximum atomic E-state index is 10.7. The largest absolute Gasteiger partial charge is 0.508 e. The molecule has 18 heavy (non-hydrogen) atoms. The maximum absolute atomic E-state index is 10.7. The maximum Gasteiger partial charge on any atom is 0.115 e. The van der Waals surface area contributed by atoms with Gasteiger partial charge in [-0.2, -0.15) is 0 Å². The van der Waals surface area contributed by atoms with Crippen molar-refractivity contribution in [2.75, 3.05) is 13.6 Å². The lowest BCUT2D eigenvalue weighted by Gasteiger charge is -2.53. The fourth-order valence-electron chi connectivity index (χ4n) is 3.87. The zero-order chi connectivity index (χ0) is 12.9. The fraction of sp³-hybridized carbons (Fsp3) is 0.600. The highest BCUT2D eigenvalue weighted by molar-refractivity contribution is 5.45. The van der Waals surface area contributed by atoms with E-state index in [0.717, 1.165) is 25.8 Å². The van der Waals surface area contributed by atoms with Gasteiger partial charge in [-0.1, -0.05) is 13.0 Å². The molecular formula is C15H21NO2. The Balaban J connectivity index is 2.18. The topological polar surface area (TPSA) is 43.7 Å². The number of fused-ring (bicyclic) bond motifs is 4. The van der Waals surface area contributed by atoms with Crippen molar-refractivity contribution in [2.24, 2.45) is 0 Å². The van der Waals surface area contributed by atoms with Crippen LogP contribution in [0.1, 0.15) is 30.9 Å². The quantitative estimate of drug-likeness (QED) is 0.793. The Morgan fingerprint density at radius 1 is 1.44 bits per heavy atom. The molecule has 0 aromatic heterocycles. The summed E-state index contributed by atoms with van der Waals surface area (Å²) in [4.78, 5) is 2.27. The zero-order valence-electron chi connectivity index (χ0n) is 11.1. The van der Waals surface area contributed by atoms with Crippen molar-refractivity contribution in [1.82, 2.24) is 4.90 Å². The molecule has 1 fully saturated rings. The molecule has 1 aliphatic carbocycles. The molecular weight excluding hydrogens is 226 g/mol. The van der Waals surface area contributed by atoms with Crippen LogP contribution in [0.25, 0.3) is 0 Å². The molecule has 98 valence electrons. The Labute approximate surface area is 108 Å². The van der Waals surface area contributed by atoms with Crippen LogP contribution in [0.2, 0.25) is 0 Å². The third-order valence-electron chi connectivity index (χ3n) is 5.10. The molecule has 0 saturated carbocycles. The van der Waals surface area contributed by atoms with Crippen LogP contribution in [0.4, 0.5) is 0 Å². The standard InChI is InChI=1S/C15H21NO2/c1-3-15-6-7-16(2)13(14(15)18)8-10-4-5-11(17)9-12(10)15/h4-5,9,13-14,17-18H,3,6-8H2,1-2H3/t13?,14-,15-/m1/s1. The number of aromatic hydroxyl groups is 1. The third-order valence-corrected chi connectivity index (χ3v) is 5.10. The summed E-state index contributed by atoms with van der Waals surface area (Å²) in [5.74, 6) is 0.311. The van der Waals surface area contributed by atoms with Crippen LogP contribution >= 0.6 is 0 Å². The van der Waals surface area contributed by atoms with Gasteiger partial charge in [0.1, 0.15) is 5.75 Å². The number of likely N-dealkylation sites (N-methyl/N-ethyl adjacent to an activating group) is 1. The van der Waals surface area contributed by atoms with Crippen molar-refractivity contribution < 1.29 is 10.2 Å². The average Bonchev–Trinajstić information content (AvgIpc) is 2.36. The first-order valence-corrected chi connectivity index (χ1v) is 6.79. The van der Waals surface area contributed by atoms with Crippen LogP contribution in [0, 0.1) is 0 Å². The number of likely N-dealkylation sites (tertiary alicyclic amines) is 1. The van der Waals surface area contributed by atoms with E-state index in [9.17, 15) is 10.2 Å². The van der Waals surface area contributed by atoms with Gasteiger partial charge >= 0.3 is 0 Å². The predicted octanol–water partition coefficient (Wildman–Crippen LogP) is 1.66. The van der Waals surface area contributed by atoms with Crippen molar-refractivity contribution in [3.05, 3.63) is 29.3 Å². The predicted molar refractivity (Wildman–Crippen MR) is 70.8 cm³/mol. The average molecular weight is 247 g/mol. The molecule has 2 bridgehead atoms. The lowest BCUT2D eigenvalue weighted by molar-refractivity contribution is -0.0496. The van der Waals surface area contributed by atoms with Gasteiger partial charge in [0.2, 0.25) is 0 Å². The zero-order valence-corrected chi connectivity index (χ0v) is 11.1. The molecule has 1 aromatic rings. The van der Waals surface area contributed by atoms with Crippen LogP contribution in [-0.2, 0) is 11.8 Å². The van der Waals surface area contributed by atoms with E-state index in [0.29, 0.717) is 5.75 Å². The number of nitrogens with zero attached hydrogens (tertiary/aromatic N) is 1. The molecule has 2 aliphatic rings. The summed E-state index contributed by atoms with van der Waals surface area (Å²) in [6.07, 6.45) is 2.45. The molecule has 1 aliphatic heterocycles. The molecule has 1 heterocycles. The Bertz CT molecular complexity index is 474. The lowest BCUT2D eigenvalue weighted by atomic mass is 9.60. The normalized spacial score (nSPS) is 35.3. The first-order valence-electron chi connectivity index (χ1n) is 6.79. The van der Waals surface area contributed by atoms with Gasteiger partial charge in [0.15, 0.2) is 0 Å². The number of hydrogen-bond acceptors (Lipinski definition) is 3. The van der Waals surface area contributed by atoms with Crippen molar-refractivity contribution in [3.63, 3.8) is 0 Å². The monoisotopic (exact) mass is 247 g/mol. The molecule has 3 atom stereocenters. The molecule has 2 N–H and O–H groups in total. The molecule has 1 saturated heterocycles. The van der Waals surface area contributed by atoms with Gasteiger partial charge in [0, 0.05) is 11.5 Å². The van der Waals surface area contributed by atoms with Gasteiger partial charge in [0.25, 0.3) is 0 Å². The summed E-state index contributed by atoms with van der Waals surface area (Å²) in [7, 11) is 2.10. The number of phenols is 1. The van der Waals surface area contributed by atoms with E-state index in [-0.39, 0.29) is 17.6 Å². The van der Waals surface area contributed by atoms with Gasteiger partial charge in [-0.3, -0.25) is 0 Å². The van der Waals surface area contributed by atoms with E-state index < -0.39 is 0 Å². The van der Waals surface area contributed by atoms with Gasteiger partial charge in [-0.25, -0.2) is 0 Å². The summed E-state index contributed by atoms with van der Waals surface area (Å²) < 4.78 is 0. The molecule has 1 aromatic carbocycles. The summed E-state index contributed by atoms with van der Waals surface area (Å²) in [5, 5.41) is 20.5. The molecule has 3 rings (SSSR count). The van der Waals surface area contributed by atoms with E-state index in [2.05, 4.69) is 18.9 Å². The minimum atomic E-state index is -0.324. The van der Waals surface area contributed by atoms with Crippen molar-refractivity contribution in [2.45, 2.75) is 43.7 Å². The molecule has 3 heteroatoms. The first kappa shape index (κ1) is 12.0. The van der Waals surface area contributed by atoms with E-state index in [4.69, 9.17) is 0 Å². The van der Waals surface area contributed by atoms with E-state index in [1.165, 1.54) is 11.1 Å². The number of piperidine rings is 1. The molecule has 3 nitrogen and oxygen atoms in total. The van der Waals surface area contributed by atoms with Gasteiger partial charge in [0.05, 0.1) is 6.10 Å². The van der Waals surface area contributed by atoms with Gasteiger partial charge < -0.3 is 15.1 Å². The Kier molecular flexibility index (Phi) is 2.65. The SMILES string of the molecule is CC[C@@]12CCN(C)C(Cc3ccc(O)cc31)[C@H]2O. The van der Waals surface area contributed by atoms with Gasteiger partial charge in [-0.15, -0.1) is 0 Å². The highest BCUT2D eigenvalue weighted by atomic mass is 16.3. The molecule has 1 unspecified atom stereocenters. The van der Waals surface area contributed by atoms with E-state index >= 15 is 0 Å². The summed E-state index contributed by atoms with van der Waals surface area (Å²) in [5.41, 5.74) is 2.29. The minimum Gasteiger partial charge on any atom is -0.508 e. The highest BCUT2D eigenvalue weighted by Gasteiger charge is 2.50. The smallest absolute Gasteiger partial charge is 0.115 e. The third kappa shape index (κ3) is 1.44. The van der Waals surface area contributed by atoms with E-state index in [1.807, 2.05) is 12.1 Å².